The summed E-state index contributed by atoms with van der Waals surface area (Å²) in [6, 6.07) is 4.06. The van der Waals surface area contributed by atoms with Gasteiger partial charge in [0.05, 0.1) is 6.04 Å². The average molecular weight is 392 g/mol. The SMILES string of the molecule is CCc1nc2n(n1)C(=O)C(C(c1cccs1)N1CCC(C(N)=O)CC1)S2. The molecule has 0 radical (unpaired) electrons. The summed E-state index contributed by atoms with van der Waals surface area (Å²) < 4.78 is 1.46. The molecule has 0 aliphatic carbocycles. The first kappa shape index (κ1) is 17.7. The number of thiophene rings is 1. The van der Waals surface area contributed by atoms with E-state index in [2.05, 4.69) is 21.0 Å². The third-order valence-corrected chi connectivity index (χ3v) is 7.20. The van der Waals surface area contributed by atoms with Gasteiger partial charge in [0.2, 0.25) is 5.91 Å². The minimum Gasteiger partial charge on any atom is -0.369 e. The molecule has 1 saturated heterocycles. The number of carbonyl (C=O) groups is 2. The molecule has 4 rings (SSSR count). The van der Waals surface area contributed by atoms with E-state index in [1.165, 1.54) is 16.4 Å². The van der Waals surface area contributed by atoms with Gasteiger partial charge >= 0.3 is 0 Å². The van der Waals surface area contributed by atoms with E-state index < -0.39 is 0 Å². The summed E-state index contributed by atoms with van der Waals surface area (Å²) in [5.74, 6) is 0.410. The van der Waals surface area contributed by atoms with Crippen molar-refractivity contribution in [2.75, 3.05) is 13.1 Å². The topological polar surface area (TPSA) is 94.1 Å². The summed E-state index contributed by atoms with van der Waals surface area (Å²) in [6.07, 6.45) is 2.20. The first-order chi connectivity index (χ1) is 12.6. The smallest absolute Gasteiger partial charge is 0.264 e. The van der Waals surface area contributed by atoms with Crippen molar-refractivity contribution in [2.24, 2.45) is 11.7 Å². The molecule has 1 amide bonds. The number of aromatic nitrogens is 3. The lowest BCUT2D eigenvalue weighted by Crippen LogP contribution is -2.44. The molecular weight excluding hydrogens is 370 g/mol. The highest BCUT2D eigenvalue weighted by molar-refractivity contribution is 8.01. The van der Waals surface area contributed by atoms with Crippen LogP contribution in [0.25, 0.3) is 0 Å². The van der Waals surface area contributed by atoms with Crippen molar-refractivity contribution in [1.82, 2.24) is 19.7 Å². The van der Waals surface area contributed by atoms with Crippen molar-refractivity contribution in [2.45, 2.75) is 42.6 Å². The Balaban J connectivity index is 1.59. The highest BCUT2D eigenvalue weighted by atomic mass is 32.2. The van der Waals surface area contributed by atoms with Crippen molar-refractivity contribution in [1.29, 1.82) is 0 Å². The van der Waals surface area contributed by atoms with Crippen LogP contribution in [0.1, 0.15) is 41.3 Å². The molecule has 26 heavy (non-hydrogen) atoms. The summed E-state index contributed by atoms with van der Waals surface area (Å²) in [4.78, 5) is 32.4. The molecule has 9 heteroatoms. The zero-order valence-electron chi connectivity index (χ0n) is 14.5. The van der Waals surface area contributed by atoms with Gasteiger partial charge in [0.25, 0.3) is 5.91 Å². The van der Waals surface area contributed by atoms with Crippen LogP contribution in [0.5, 0.6) is 0 Å². The molecule has 7 nitrogen and oxygen atoms in total. The van der Waals surface area contributed by atoms with Gasteiger partial charge in [-0.05, 0) is 37.4 Å². The molecule has 4 heterocycles. The van der Waals surface area contributed by atoms with Crippen molar-refractivity contribution < 1.29 is 9.59 Å². The van der Waals surface area contributed by atoms with E-state index in [0.29, 0.717) is 17.4 Å². The Morgan fingerprint density at radius 2 is 2.19 bits per heavy atom. The van der Waals surface area contributed by atoms with Gasteiger partial charge in [0, 0.05) is 17.2 Å². The molecule has 138 valence electrons. The number of hydrogen-bond acceptors (Lipinski definition) is 7. The second kappa shape index (κ2) is 7.13. The Labute approximate surface area is 160 Å². The van der Waals surface area contributed by atoms with Crippen molar-refractivity contribution >= 4 is 34.9 Å². The molecule has 2 N–H and O–H groups in total. The minimum atomic E-state index is -0.264. The summed E-state index contributed by atoms with van der Waals surface area (Å²) in [5.41, 5.74) is 5.46. The lowest BCUT2D eigenvalue weighted by atomic mass is 9.94. The normalized spacial score (nSPS) is 22.5. The largest absolute Gasteiger partial charge is 0.369 e. The fourth-order valence-corrected chi connectivity index (χ4v) is 5.88. The zero-order chi connectivity index (χ0) is 18.3. The molecule has 2 unspecified atom stereocenters. The van der Waals surface area contributed by atoms with Crippen LogP contribution in [-0.2, 0) is 11.2 Å². The Bertz CT molecular complexity index is 811. The van der Waals surface area contributed by atoms with Gasteiger partial charge in [-0.25, -0.2) is 4.98 Å². The second-order valence-electron chi connectivity index (χ2n) is 6.63. The van der Waals surface area contributed by atoms with Crippen LogP contribution in [0.2, 0.25) is 0 Å². The summed E-state index contributed by atoms with van der Waals surface area (Å²) in [5, 5.41) is 6.80. The third kappa shape index (κ3) is 3.08. The monoisotopic (exact) mass is 391 g/mol. The van der Waals surface area contributed by atoms with Gasteiger partial charge < -0.3 is 5.73 Å². The molecule has 2 aliphatic heterocycles. The fraction of sp³-hybridized carbons (Fsp3) is 0.529. The number of likely N-dealkylation sites (tertiary alicyclic amines) is 1. The van der Waals surface area contributed by atoms with Crippen LogP contribution in [0.15, 0.2) is 22.7 Å². The van der Waals surface area contributed by atoms with E-state index in [1.54, 1.807) is 11.3 Å². The number of aryl methyl sites for hydroxylation is 1. The minimum absolute atomic E-state index is 0.00683. The molecule has 0 saturated carbocycles. The van der Waals surface area contributed by atoms with Crippen LogP contribution in [-0.4, -0.2) is 49.8 Å². The number of fused-ring (bicyclic) bond motifs is 1. The van der Waals surface area contributed by atoms with Gasteiger partial charge in [-0.1, -0.05) is 24.8 Å². The first-order valence-electron chi connectivity index (χ1n) is 8.82. The fourth-order valence-electron chi connectivity index (χ4n) is 3.63. The maximum absolute atomic E-state index is 13.0. The lowest BCUT2D eigenvalue weighted by molar-refractivity contribution is -0.123. The number of primary amides is 1. The highest BCUT2D eigenvalue weighted by Gasteiger charge is 2.44. The van der Waals surface area contributed by atoms with Crippen LogP contribution in [0.4, 0.5) is 0 Å². The Hall–Kier alpha value is -1.71. The van der Waals surface area contributed by atoms with Crippen LogP contribution < -0.4 is 5.73 Å². The predicted octanol–water partition coefficient (Wildman–Crippen LogP) is 1.96. The Kier molecular flexibility index (Phi) is 4.85. The molecule has 0 bridgehead atoms. The second-order valence-corrected chi connectivity index (χ2v) is 8.71. The number of nitrogens with zero attached hydrogens (tertiary/aromatic N) is 4. The van der Waals surface area contributed by atoms with E-state index in [9.17, 15) is 9.59 Å². The molecule has 2 aromatic rings. The molecular formula is C17H21N5O2S2. The van der Waals surface area contributed by atoms with Crippen LogP contribution in [0.3, 0.4) is 0 Å². The number of amides is 1. The van der Waals surface area contributed by atoms with Crippen LogP contribution in [0, 0.1) is 5.92 Å². The van der Waals surface area contributed by atoms with Crippen molar-refractivity contribution in [3.8, 4) is 0 Å². The maximum Gasteiger partial charge on any atom is 0.264 e. The van der Waals surface area contributed by atoms with Crippen molar-refractivity contribution in [3.63, 3.8) is 0 Å². The first-order valence-corrected chi connectivity index (χ1v) is 10.6. The zero-order valence-corrected chi connectivity index (χ0v) is 16.1. The van der Waals surface area contributed by atoms with E-state index in [1.807, 2.05) is 18.4 Å². The molecule has 2 atom stereocenters. The summed E-state index contributed by atoms with van der Waals surface area (Å²) in [7, 11) is 0. The van der Waals surface area contributed by atoms with Gasteiger partial charge in [0.15, 0.2) is 11.0 Å². The Morgan fingerprint density at radius 3 is 2.77 bits per heavy atom. The van der Waals surface area contributed by atoms with Gasteiger partial charge in [0.1, 0.15) is 5.25 Å². The molecule has 0 spiro atoms. The molecule has 0 aromatic carbocycles. The number of nitrogens with two attached hydrogens (primary N) is 1. The number of thioether (sulfide) groups is 1. The number of rotatable bonds is 5. The van der Waals surface area contributed by atoms with Gasteiger partial charge in [-0.2, -0.15) is 4.68 Å². The quantitative estimate of drug-likeness (QED) is 0.837. The number of carbonyl (C=O) groups excluding carboxylic acids is 2. The third-order valence-electron chi connectivity index (χ3n) is 5.07. The van der Waals surface area contributed by atoms with Gasteiger partial charge in [-0.15, -0.1) is 16.4 Å². The molecule has 2 aliphatic rings. The maximum atomic E-state index is 13.0. The molecule has 1 fully saturated rings. The van der Waals surface area contributed by atoms with E-state index in [-0.39, 0.29) is 29.0 Å². The standard InChI is InChI=1S/C17H21N5O2S2/c1-2-12-19-17-22(20-12)16(24)14(26-17)13(11-4-3-9-25-11)21-7-5-10(6-8-21)15(18)23/h3-4,9-10,13-14H,2,5-8H2,1H3,(H2,18,23). The van der Waals surface area contributed by atoms with Gasteiger partial charge in [-0.3, -0.25) is 14.5 Å². The Morgan fingerprint density at radius 1 is 1.42 bits per heavy atom. The van der Waals surface area contributed by atoms with E-state index in [0.717, 1.165) is 30.8 Å². The lowest BCUT2D eigenvalue weighted by Gasteiger charge is -2.38. The summed E-state index contributed by atoms with van der Waals surface area (Å²) >= 11 is 3.16. The van der Waals surface area contributed by atoms with Crippen molar-refractivity contribution in [3.05, 3.63) is 28.2 Å². The van der Waals surface area contributed by atoms with E-state index in [4.69, 9.17) is 5.73 Å². The highest BCUT2D eigenvalue weighted by Crippen LogP contribution is 2.43. The summed E-state index contributed by atoms with van der Waals surface area (Å²) in [6.45, 7) is 3.50. The van der Waals surface area contributed by atoms with Crippen LogP contribution >= 0.6 is 23.1 Å². The predicted molar refractivity (Wildman–Crippen MR) is 100 cm³/mol. The average Bonchev–Trinajstić information content (AvgIpc) is 3.35. The molecule has 2 aromatic heterocycles. The number of hydrogen-bond donors (Lipinski definition) is 1. The number of piperidine rings is 1. The van der Waals surface area contributed by atoms with E-state index >= 15 is 0 Å².